The maximum Gasteiger partial charge on any atom is 0.325 e. The van der Waals surface area contributed by atoms with Gasteiger partial charge in [0.25, 0.3) is 5.91 Å². The third-order valence-corrected chi connectivity index (χ3v) is 7.31. The predicted octanol–water partition coefficient (Wildman–Crippen LogP) is 2.28. The van der Waals surface area contributed by atoms with Gasteiger partial charge in [-0.05, 0) is 56.2 Å². The molecule has 0 spiro atoms. The van der Waals surface area contributed by atoms with Gasteiger partial charge in [0, 0.05) is 19.0 Å². The summed E-state index contributed by atoms with van der Waals surface area (Å²) in [7, 11) is -4.14. The number of nitrogens with one attached hydrogen (secondary N) is 1. The number of sulfonamides is 1. The topological polar surface area (TPSA) is 113 Å². The maximum atomic E-state index is 13.8. The minimum atomic E-state index is -4.14. The zero-order valence-corrected chi connectivity index (χ0v) is 19.0. The number of halogens is 2. The van der Waals surface area contributed by atoms with Gasteiger partial charge in [-0.1, -0.05) is 6.07 Å². The Morgan fingerprint density at radius 3 is 2.52 bits per heavy atom. The highest BCUT2D eigenvalue weighted by Crippen LogP contribution is 2.28. The van der Waals surface area contributed by atoms with Crippen LogP contribution in [0.5, 0.6) is 0 Å². The Hall–Kier alpha value is -2.89. The fourth-order valence-electron chi connectivity index (χ4n) is 3.41. The molecule has 2 N–H and O–H groups in total. The summed E-state index contributed by atoms with van der Waals surface area (Å²) in [5.41, 5.74) is 1.20. The van der Waals surface area contributed by atoms with Gasteiger partial charge < -0.3 is 15.2 Å². The number of carbonyl (C=O) groups excluding carboxylic acids is 2. The molecule has 1 aliphatic rings. The molecule has 1 fully saturated rings. The van der Waals surface area contributed by atoms with Crippen LogP contribution >= 0.6 is 0 Å². The molecule has 0 radical (unpaired) electrons. The van der Waals surface area contributed by atoms with Crippen molar-refractivity contribution in [2.45, 2.75) is 50.3 Å². The Balaban J connectivity index is 1.75. The van der Waals surface area contributed by atoms with Gasteiger partial charge in [0.15, 0.2) is 6.10 Å². The number of nitrogens with zero attached hydrogens (tertiary/aromatic N) is 1. The zero-order chi connectivity index (χ0) is 24.5. The lowest BCUT2D eigenvalue weighted by Gasteiger charge is -2.24. The van der Waals surface area contributed by atoms with E-state index in [1.165, 1.54) is 19.1 Å². The number of aliphatic hydroxyl groups is 1. The third kappa shape index (κ3) is 5.37. The van der Waals surface area contributed by atoms with Gasteiger partial charge in [0.1, 0.15) is 17.7 Å². The summed E-state index contributed by atoms with van der Waals surface area (Å²) in [5.74, 6) is -3.63. The molecule has 8 nitrogen and oxygen atoms in total. The first-order chi connectivity index (χ1) is 15.4. The van der Waals surface area contributed by atoms with Crippen LogP contribution in [0.3, 0.4) is 0 Å². The van der Waals surface area contributed by atoms with E-state index in [2.05, 4.69) is 5.32 Å². The van der Waals surface area contributed by atoms with Crippen LogP contribution in [0.2, 0.25) is 0 Å². The van der Waals surface area contributed by atoms with Crippen LogP contribution in [0.4, 0.5) is 14.5 Å². The number of benzene rings is 2. The van der Waals surface area contributed by atoms with E-state index in [0.29, 0.717) is 0 Å². The molecule has 2 unspecified atom stereocenters. The largest absolute Gasteiger partial charge is 0.451 e. The first-order valence-corrected chi connectivity index (χ1v) is 11.6. The highest BCUT2D eigenvalue weighted by atomic mass is 32.2. The molecule has 2 aromatic rings. The number of aliphatic hydroxyl groups excluding tert-OH is 1. The second-order valence-corrected chi connectivity index (χ2v) is 9.81. The van der Waals surface area contributed by atoms with E-state index in [1.54, 1.807) is 13.0 Å². The molecule has 3 rings (SSSR count). The van der Waals surface area contributed by atoms with Crippen LogP contribution in [0, 0.1) is 25.5 Å². The molecule has 1 aliphatic heterocycles. The Morgan fingerprint density at radius 2 is 1.85 bits per heavy atom. The average Bonchev–Trinajstić information content (AvgIpc) is 3.15. The van der Waals surface area contributed by atoms with E-state index in [0.717, 1.165) is 33.6 Å². The van der Waals surface area contributed by atoms with Crippen molar-refractivity contribution < 1.29 is 36.6 Å². The van der Waals surface area contributed by atoms with Crippen molar-refractivity contribution in [1.82, 2.24) is 4.31 Å². The summed E-state index contributed by atoms with van der Waals surface area (Å²) < 4.78 is 59.3. The molecule has 2 aromatic carbocycles. The first kappa shape index (κ1) is 24.7. The van der Waals surface area contributed by atoms with Gasteiger partial charge in [-0.25, -0.2) is 17.2 Å². The minimum Gasteiger partial charge on any atom is -0.451 e. The summed E-state index contributed by atoms with van der Waals surface area (Å²) in [5, 5.41) is 12.2. The Kier molecular flexibility index (Phi) is 7.15. The number of amides is 1. The summed E-state index contributed by atoms with van der Waals surface area (Å²) in [6.45, 7) is 4.47. The monoisotopic (exact) mass is 482 g/mol. The van der Waals surface area contributed by atoms with Crippen LogP contribution in [-0.2, 0) is 24.3 Å². The summed E-state index contributed by atoms with van der Waals surface area (Å²) in [6, 6.07) is 5.65. The predicted molar refractivity (Wildman–Crippen MR) is 115 cm³/mol. The van der Waals surface area contributed by atoms with E-state index in [1.807, 2.05) is 6.92 Å². The molecule has 11 heteroatoms. The smallest absolute Gasteiger partial charge is 0.325 e. The third-order valence-electron chi connectivity index (χ3n) is 5.44. The second-order valence-electron chi connectivity index (χ2n) is 7.92. The van der Waals surface area contributed by atoms with Gasteiger partial charge in [-0.15, -0.1) is 0 Å². The van der Waals surface area contributed by atoms with Crippen molar-refractivity contribution in [3.63, 3.8) is 0 Å². The lowest BCUT2D eigenvalue weighted by atomic mass is 10.1. The number of hydrogen-bond acceptors (Lipinski definition) is 6. The van der Waals surface area contributed by atoms with E-state index in [-0.39, 0.29) is 17.9 Å². The number of anilines is 1. The highest BCUT2D eigenvalue weighted by Gasteiger charge is 2.45. The summed E-state index contributed by atoms with van der Waals surface area (Å²) >= 11 is 0. The standard InChI is InChI=1S/C22H24F2N2O6S/c1-12-4-6-17(8-13(12)2)33(30,31)26-11-16(27)10-20(26)22(29)32-14(3)21(28)25-19-9-15(23)5-7-18(19)24/h4-9,14,16,20,27H,10-11H2,1-3H3,(H,25,28)/t14?,16?,20-/m0/s1. The van der Waals surface area contributed by atoms with Crippen molar-refractivity contribution in [1.29, 1.82) is 0 Å². The maximum absolute atomic E-state index is 13.8. The molecule has 1 saturated heterocycles. The van der Waals surface area contributed by atoms with Gasteiger partial charge in [0.05, 0.1) is 16.7 Å². The van der Waals surface area contributed by atoms with Crippen molar-refractivity contribution >= 4 is 27.6 Å². The van der Waals surface area contributed by atoms with Gasteiger partial charge in [0.2, 0.25) is 10.0 Å². The Bertz CT molecular complexity index is 1190. The van der Waals surface area contributed by atoms with Crippen molar-refractivity contribution in [3.05, 3.63) is 59.2 Å². The minimum absolute atomic E-state index is 0.0372. The highest BCUT2D eigenvalue weighted by molar-refractivity contribution is 7.89. The molecule has 0 aromatic heterocycles. The number of carbonyl (C=O) groups is 2. The van der Waals surface area contributed by atoms with E-state index in [4.69, 9.17) is 4.74 Å². The van der Waals surface area contributed by atoms with Crippen LogP contribution in [-0.4, -0.2) is 54.5 Å². The van der Waals surface area contributed by atoms with Crippen LogP contribution in [0.15, 0.2) is 41.3 Å². The fraction of sp³-hybridized carbons (Fsp3) is 0.364. The first-order valence-electron chi connectivity index (χ1n) is 10.1. The Morgan fingerprint density at radius 1 is 1.15 bits per heavy atom. The van der Waals surface area contributed by atoms with Crippen molar-refractivity contribution in [3.8, 4) is 0 Å². The number of ether oxygens (including phenoxy) is 1. The number of β-amino-alcohol motifs (C(OH)–C–C–N with tert-alkyl or cyclic N) is 1. The van der Waals surface area contributed by atoms with Gasteiger partial charge >= 0.3 is 5.97 Å². The summed E-state index contributed by atoms with van der Waals surface area (Å²) in [4.78, 5) is 25.0. The number of hydrogen-bond donors (Lipinski definition) is 2. The van der Waals surface area contributed by atoms with Gasteiger partial charge in [-0.3, -0.25) is 9.59 Å². The van der Waals surface area contributed by atoms with E-state index in [9.17, 15) is 31.9 Å². The van der Waals surface area contributed by atoms with E-state index >= 15 is 0 Å². The number of aryl methyl sites for hydroxylation is 2. The van der Waals surface area contributed by atoms with Crippen molar-refractivity contribution in [2.75, 3.05) is 11.9 Å². The molecule has 3 atom stereocenters. The Labute approximate surface area is 190 Å². The van der Waals surface area contributed by atoms with Crippen LogP contribution < -0.4 is 5.32 Å². The quantitative estimate of drug-likeness (QED) is 0.611. The molecule has 33 heavy (non-hydrogen) atoms. The number of rotatable bonds is 6. The molecule has 178 valence electrons. The normalized spacial score (nSPS) is 19.8. The van der Waals surface area contributed by atoms with Crippen LogP contribution in [0.25, 0.3) is 0 Å². The number of esters is 1. The SMILES string of the molecule is Cc1ccc(S(=O)(=O)N2CC(O)C[C@H]2C(=O)OC(C)C(=O)Nc2cc(F)ccc2F)cc1C. The zero-order valence-electron chi connectivity index (χ0n) is 18.2. The molecular weight excluding hydrogens is 458 g/mol. The molecular formula is C22H24F2N2O6S. The molecule has 1 amide bonds. The van der Waals surface area contributed by atoms with Crippen LogP contribution in [0.1, 0.15) is 24.5 Å². The average molecular weight is 483 g/mol. The molecule has 0 bridgehead atoms. The lowest BCUT2D eigenvalue weighted by molar-refractivity contribution is -0.156. The lowest BCUT2D eigenvalue weighted by Crippen LogP contribution is -2.43. The molecule has 0 aliphatic carbocycles. The second kappa shape index (κ2) is 9.54. The molecule has 1 heterocycles. The summed E-state index contributed by atoms with van der Waals surface area (Å²) in [6.07, 6.45) is -2.76. The van der Waals surface area contributed by atoms with Crippen molar-refractivity contribution in [2.24, 2.45) is 0 Å². The fourth-order valence-corrected chi connectivity index (χ4v) is 5.12. The van der Waals surface area contributed by atoms with Gasteiger partial charge in [-0.2, -0.15) is 4.31 Å². The van der Waals surface area contributed by atoms with E-state index < -0.39 is 57.5 Å². The molecule has 0 saturated carbocycles.